The SMILES string of the molecule is O=C(N[C@]1(c2ccc(C(F)(F)F)c(F)c2)CCOc2cccnc21)c1ccc(=O)[nH]c1. The van der Waals surface area contributed by atoms with E-state index in [0.29, 0.717) is 11.8 Å². The van der Waals surface area contributed by atoms with Crippen molar-refractivity contribution in [2.75, 3.05) is 6.61 Å². The number of carbonyl (C=O) groups excluding carboxylic acids is 1. The largest absolute Gasteiger partial charge is 0.491 e. The molecule has 6 nitrogen and oxygen atoms in total. The van der Waals surface area contributed by atoms with E-state index < -0.39 is 34.6 Å². The van der Waals surface area contributed by atoms with Gasteiger partial charge in [-0.2, -0.15) is 13.2 Å². The summed E-state index contributed by atoms with van der Waals surface area (Å²) in [6.07, 6.45) is -2.12. The van der Waals surface area contributed by atoms with Crippen LogP contribution in [0.4, 0.5) is 17.6 Å². The Hall–Kier alpha value is -3.69. The Morgan fingerprint density at radius 1 is 1.19 bits per heavy atom. The number of alkyl halides is 3. The number of halogens is 4. The fraction of sp³-hybridized carbons (Fsp3) is 0.190. The number of carbonyl (C=O) groups is 1. The first kappa shape index (κ1) is 20.6. The van der Waals surface area contributed by atoms with Crippen molar-refractivity contribution in [1.29, 1.82) is 0 Å². The van der Waals surface area contributed by atoms with E-state index in [0.717, 1.165) is 18.2 Å². The second kappa shape index (κ2) is 7.53. The summed E-state index contributed by atoms with van der Waals surface area (Å²) in [6, 6.07) is 8.16. The molecule has 0 spiro atoms. The molecule has 1 aromatic carbocycles. The number of nitrogens with one attached hydrogen (secondary N) is 2. The molecule has 0 bridgehead atoms. The van der Waals surface area contributed by atoms with E-state index in [2.05, 4.69) is 15.3 Å². The lowest BCUT2D eigenvalue weighted by molar-refractivity contribution is -0.140. The lowest BCUT2D eigenvalue weighted by Crippen LogP contribution is -2.50. The summed E-state index contributed by atoms with van der Waals surface area (Å²) in [7, 11) is 0. The molecule has 2 aromatic heterocycles. The van der Waals surface area contributed by atoms with Gasteiger partial charge in [-0.3, -0.25) is 14.6 Å². The number of hydrogen-bond acceptors (Lipinski definition) is 4. The minimum atomic E-state index is -4.86. The summed E-state index contributed by atoms with van der Waals surface area (Å²) in [5.74, 6) is -1.78. The highest BCUT2D eigenvalue weighted by Gasteiger charge is 2.44. The fourth-order valence-corrected chi connectivity index (χ4v) is 3.56. The molecule has 4 rings (SSSR count). The van der Waals surface area contributed by atoms with Crippen LogP contribution in [-0.4, -0.2) is 22.5 Å². The summed E-state index contributed by atoms with van der Waals surface area (Å²) in [5.41, 5.74) is -2.85. The molecule has 0 saturated carbocycles. The van der Waals surface area contributed by atoms with Crippen LogP contribution in [0, 0.1) is 5.82 Å². The van der Waals surface area contributed by atoms with E-state index in [1.807, 2.05) is 0 Å². The molecule has 1 aliphatic rings. The van der Waals surface area contributed by atoms with Gasteiger partial charge in [0.2, 0.25) is 5.56 Å². The zero-order chi connectivity index (χ0) is 22.2. The third kappa shape index (κ3) is 3.76. The number of pyridine rings is 2. The number of fused-ring (bicyclic) bond motifs is 1. The Bertz CT molecular complexity index is 1190. The highest BCUT2D eigenvalue weighted by Crippen LogP contribution is 2.42. The van der Waals surface area contributed by atoms with Crippen LogP contribution < -0.4 is 15.6 Å². The smallest absolute Gasteiger partial charge is 0.419 e. The first-order chi connectivity index (χ1) is 14.7. The number of nitrogens with zero attached hydrogens (tertiary/aromatic N) is 1. The lowest BCUT2D eigenvalue weighted by atomic mass is 9.80. The lowest BCUT2D eigenvalue weighted by Gasteiger charge is -2.39. The van der Waals surface area contributed by atoms with Crippen LogP contribution in [-0.2, 0) is 11.7 Å². The second-order valence-electron chi connectivity index (χ2n) is 6.94. The van der Waals surface area contributed by atoms with Crippen molar-refractivity contribution < 1.29 is 27.1 Å². The molecular formula is C21H15F4N3O3. The number of aromatic nitrogens is 2. The van der Waals surface area contributed by atoms with Gasteiger partial charge in [0.05, 0.1) is 17.7 Å². The van der Waals surface area contributed by atoms with Crippen molar-refractivity contribution in [2.45, 2.75) is 18.1 Å². The maximum absolute atomic E-state index is 14.4. The first-order valence-corrected chi connectivity index (χ1v) is 9.17. The number of aromatic amines is 1. The van der Waals surface area contributed by atoms with E-state index in [1.165, 1.54) is 18.5 Å². The van der Waals surface area contributed by atoms with Gasteiger partial charge in [-0.15, -0.1) is 0 Å². The minimum absolute atomic E-state index is 0.0824. The summed E-state index contributed by atoms with van der Waals surface area (Å²) in [5, 5.41) is 2.77. The molecule has 0 fully saturated rings. The van der Waals surface area contributed by atoms with Gasteiger partial charge in [-0.1, -0.05) is 6.07 Å². The van der Waals surface area contributed by atoms with Crippen molar-refractivity contribution in [1.82, 2.24) is 15.3 Å². The van der Waals surface area contributed by atoms with Crippen LogP contribution in [0.3, 0.4) is 0 Å². The van der Waals surface area contributed by atoms with E-state index in [9.17, 15) is 27.2 Å². The van der Waals surface area contributed by atoms with Crippen molar-refractivity contribution in [2.24, 2.45) is 0 Å². The second-order valence-corrected chi connectivity index (χ2v) is 6.94. The average Bonchev–Trinajstić information content (AvgIpc) is 2.73. The Kier molecular flexibility index (Phi) is 5.00. The van der Waals surface area contributed by atoms with Gasteiger partial charge in [-0.05, 0) is 35.9 Å². The number of benzene rings is 1. The van der Waals surface area contributed by atoms with Gasteiger partial charge in [0.15, 0.2) is 0 Å². The zero-order valence-corrected chi connectivity index (χ0v) is 15.8. The Balaban J connectivity index is 1.85. The molecule has 10 heteroatoms. The highest BCUT2D eigenvalue weighted by molar-refractivity contribution is 5.94. The molecule has 1 aliphatic heterocycles. The molecule has 0 saturated heterocycles. The number of ether oxygens (including phenoxy) is 1. The van der Waals surface area contributed by atoms with Crippen molar-refractivity contribution in [3.63, 3.8) is 0 Å². The first-order valence-electron chi connectivity index (χ1n) is 9.17. The van der Waals surface area contributed by atoms with Crippen LogP contribution in [0.25, 0.3) is 0 Å². The molecule has 3 aromatic rings. The summed E-state index contributed by atoms with van der Waals surface area (Å²) in [6.45, 7) is 0.104. The van der Waals surface area contributed by atoms with E-state index >= 15 is 0 Å². The number of hydrogen-bond donors (Lipinski definition) is 2. The minimum Gasteiger partial charge on any atom is -0.491 e. The number of rotatable bonds is 3. The monoisotopic (exact) mass is 433 g/mol. The van der Waals surface area contributed by atoms with Gasteiger partial charge < -0.3 is 15.0 Å². The molecule has 3 heterocycles. The highest BCUT2D eigenvalue weighted by atomic mass is 19.4. The zero-order valence-electron chi connectivity index (χ0n) is 15.8. The molecule has 31 heavy (non-hydrogen) atoms. The number of amides is 1. The predicted molar refractivity (Wildman–Crippen MR) is 101 cm³/mol. The standard InChI is InChI=1S/C21H15F4N3O3/c22-15-10-13(4-5-14(15)21(23,24)25)20(7-9-31-16-2-1-8-26-18(16)20)28-19(30)12-3-6-17(29)27-11-12/h1-6,8,10-11H,7,9H2,(H,27,29)(H,28,30)/t20-/m0/s1. The van der Waals surface area contributed by atoms with Gasteiger partial charge >= 0.3 is 6.18 Å². The third-order valence-corrected chi connectivity index (χ3v) is 5.05. The van der Waals surface area contributed by atoms with E-state index in [4.69, 9.17) is 4.74 Å². The maximum Gasteiger partial charge on any atom is 0.419 e. The van der Waals surface area contributed by atoms with Crippen LogP contribution in [0.5, 0.6) is 5.75 Å². The van der Waals surface area contributed by atoms with Crippen molar-refractivity contribution >= 4 is 5.91 Å². The fourth-order valence-electron chi connectivity index (χ4n) is 3.56. The quantitative estimate of drug-likeness (QED) is 0.621. The summed E-state index contributed by atoms with van der Waals surface area (Å²) in [4.78, 5) is 30.9. The molecular weight excluding hydrogens is 418 g/mol. The molecule has 2 N–H and O–H groups in total. The maximum atomic E-state index is 14.4. The van der Waals surface area contributed by atoms with Crippen LogP contribution in [0.1, 0.15) is 33.6 Å². The normalized spacial score (nSPS) is 18.1. The summed E-state index contributed by atoms with van der Waals surface area (Å²) < 4.78 is 59.2. The van der Waals surface area contributed by atoms with Crippen LogP contribution in [0.15, 0.2) is 59.7 Å². The Morgan fingerprint density at radius 3 is 2.68 bits per heavy atom. The molecule has 0 aliphatic carbocycles. The molecule has 1 amide bonds. The van der Waals surface area contributed by atoms with E-state index in [-0.39, 0.29) is 29.8 Å². The topological polar surface area (TPSA) is 84.1 Å². The van der Waals surface area contributed by atoms with Crippen LogP contribution in [0.2, 0.25) is 0 Å². The van der Waals surface area contributed by atoms with Crippen molar-refractivity contribution in [3.05, 3.63) is 93.4 Å². The van der Waals surface area contributed by atoms with Gasteiger partial charge in [0.25, 0.3) is 5.91 Å². The number of H-pyrrole nitrogens is 1. The van der Waals surface area contributed by atoms with Gasteiger partial charge in [-0.25, -0.2) is 4.39 Å². The predicted octanol–water partition coefficient (Wildman–Crippen LogP) is 3.38. The third-order valence-electron chi connectivity index (χ3n) is 5.05. The van der Waals surface area contributed by atoms with Gasteiger partial charge in [0.1, 0.15) is 22.8 Å². The molecule has 0 radical (unpaired) electrons. The van der Waals surface area contributed by atoms with Crippen LogP contribution >= 0.6 is 0 Å². The molecule has 160 valence electrons. The van der Waals surface area contributed by atoms with E-state index in [1.54, 1.807) is 12.1 Å². The Morgan fingerprint density at radius 2 is 2.00 bits per heavy atom. The Labute approximate surface area is 172 Å². The van der Waals surface area contributed by atoms with Gasteiger partial charge in [0, 0.05) is 24.9 Å². The molecule has 0 unspecified atom stereocenters. The average molecular weight is 433 g/mol. The summed E-state index contributed by atoms with van der Waals surface area (Å²) >= 11 is 0. The van der Waals surface area contributed by atoms with Crippen molar-refractivity contribution in [3.8, 4) is 5.75 Å². The molecule has 1 atom stereocenters.